The molecule has 1 aromatic rings. The number of hydrogen-bond acceptors (Lipinski definition) is 3. The van der Waals surface area contributed by atoms with Gasteiger partial charge in [-0.05, 0) is 18.2 Å². The maximum Gasteiger partial charge on any atom is 0.417 e. The van der Waals surface area contributed by atoms with Gasteiger partial charge in [-0.2, -0.15) is 13.2 Å². The molecule has 10 heteroatoms. The van der Waals surface area contributed by atoms with E-state index >= 15 is 0 Å². The number of likely N-dealkylation sites (N-methyl/N-ethyl adjacent to an activating group) is 1. The molecule has 2 atom stereocenters. The fraction of sp³-hybridized carbons (Fsp3) is 0.500. The molecule has 2 rings (SSSR count). The summed E-state index contributed by atoms with van der Waals surface area (Å²) in [6.45, 7) is -0.0375. The van der Waals surface area contributed by atoms with Crippen LogP contribution in [-0.2, 0) is 20.8 Å². The zero-order valence-corrected chi connectivity index (χ0v) is 14.4. The Labute approximate surface area is 142 Å². The summed E-state index contributed by atoms with van der Waals surface area (Å²) in [6.07, 6.45) is -4.14. The monoisotopic (exact) mass is 385 g/mol. The topological polar surface area (TPSA) is 67.7 Å². The van der Waals surface area contributed by atoms with E-state index in [4.69, 9.17) is 11.6 Å². The quantitative estimate of drug-likeness (QED) is 0.812. The van der Waals surface area contributed by atoms with Gasteiger partial charge in [-0.3, -0.25) is 4.79 Å². The van der Waals surface area contributed by atoms with Crippen LogP contribution in [0.1, 0.15) is 12.0 Å². The molecule has 1 aliphatic heterocycles. The van der Waals surface area contributed by atoms with Crippen molar-refractivity contribution in [2.45, 2.75) is 18.6 Å². The first-order valence-electron chi connectivity index (χ1n) is 7.17. The molecule has 1 aliphatic rings. The van der Waals surface area contributed by atoms with Crippen LogP contribution < -0.4 is 10.2 Å². The van der Waals surface area contributed by atoms with Gasteiger partial charge in [0, 0.05) is 12.1 Å². The van der Waals surface area contributed by atoms with Crippen molar-refractivity contribution in [3.63, 3.8) is 0 Å². The predicted molar refractivity (Wildman–Crippen MR) is 83.9 cm³/mol. The maximum absolute atomic E-state index is 12.8. The van der Waals surface area contributed by atoms with Gasteiger partial charge < -0.3 is 10.2 Å². The van der Waals surface area contributed by atoms with Crippen LogP contribution in [0.2, 0.25) is 5.02 Å². The Morgan fingerprint density at radius 3 is 2.62 bits per heavy atom. The number of amides is 1. The zero-order valence-electron chi connectivity index (χ0n) is 12.8. The molecule has 1 fully saturated rings. The summed E-state index contributed by atoms with van der Waals surface area (Å²) in [4.78, 5) is 12.7. The molecule has 0 aliphatic carbocycles. The molecule has 2 N–H and O–H groups in total. The average molecular weight is 386 g/mol. The van der Waals surface area contributed by atoms with Gasteiger partial charge in [-0.25, -0.2) is 8.42 Å². The maximum atomic E-state index is 12.8. The molecule has 0 aromatic heterocycles. The highest BCUT2D eigenvalue weighted by molar-refractivity contribution is 7.91. The van der Waals surface area contributed by atoms with Gasteiger partial charge in [0.05, 0.1) is 23.4 Å². The summed E-state index contributed by atoms with van der Waals surface area (Å²) >= 11 is 5.52. The second kappa shape index (κ2) is 6.89. The number of hydrogen-bond donors (Lipinski definition) is 2. The van der Waals surface area contributed by atoms with Crippen LogP contribution in [0.3, 0.4) is 0 Å². The molecule has 1 aromatic carbocycles. The smallest absolute Gasteiger partial charge is 0.326 e. The van der Waals surface area contributed by atoms with E-state index in [9.17, 15) is 26.4 Å². The number of benzene rings is 1. The molecule has 24 heavy (non-hydrogen) atoms. The molecule has 0 bridgehead atoms. The number of anilines is 1. The molecular formula is C14H17ClF3N2O3S+. The highest BCUT2D eigenvalue weighted by Crippen LogP contribution is 2.36. The highest BCUT2D eigenvalue weighted by Gasteiger charge is 2.35. The molecule has 1 saturated heterocycles. The normalized spacial score (nSPS) is 21.5. The molecule has 1 amide bonds. The number of sulfone groups is 1. The van der Waals surface area contributed by atoms with Crippen LogP contribution in [0.4, 0.5) is 18.9 Å². The molecule has 0 spiro atoms. The summed E-state index contributed by atoms with van der Waals surface area (Å²) in [5.74, 6) is -0.374. The molecule has 5 nitrogen and oxygen atoms in total. The minimum Gasteiger partial charge on any atom is -0.326 e. The Balaban J connectivity index is 2.00. The second-order valence-electron chi connectivity index (χ2n) is 5.86. The van der Waals surface area contributed by atoms with Crippen molar-refractivity contribution >= 4 is 33.0 Å². The van der Waals surface area contributed by atoms with Crippen LogP contribution in [0.25, 0.3) is 0 Å². The Kier molecular flexibility index (Phi) is 5.46. The van der Waals surface area contributed by atoms with Crippen LogP contribution >= 0.6 is 11.6 Å². The van der Waals surface area contributed by atoms with Crippen LogP contribution in [-0.4, -0.2) is 45.5 Å². The third-order valence-corrected chi connectivity index (χ3v) is 6.02. The van der Waals surface area contributed by atoms with E-state index in [1.165, 1.54) is 6.07 Å². The minimum absolute atomic E-state index is 0.0106. The molecule has 1 heterocycles. The van der Waals surface area contributed by atoms with Gasteiger partial charge in [-0.15, -0.1) is 0 Å². The summed E-state index contributed by atoms with van der Waals surface area (Å²) in [6, 6.07) is 2.94. The molecule has 134 valence electrons. The van der Waals surface area contributed by atoms with Crippen molar-refractivity contribution in [1.82, 2.24) is 0 Å². The fourth-order valence-electron chi connectivity index (χ4n) is 2.61. The third-order valence-electron chi connectivity index (χ3n) is 3.92. The third kappa shape index (κ3) is 4.84. The van der Waals surface area contributed by atoms with Crippen LogP contribution in [0, 0.1) is 0 Å². The lowest BCUT2D eigenvalue weighted by atomic mass is 10.2. The van der Waals surface area contributed by atoms with E-state index in [0.29, 0.717) is 11.3 Å². The van der Waals surface area contributed by atoms with E-state index < -0.39 is 32.5 Å². The largest absolute Gasteiger partial charge is 0.417 e. The van der Waals surface area contributed by atoms with Crippen molar-refractivity contribution < 1.29 is 31.3 Å². The summed E-state index contributed by atoms with van der Waals surface area (Å²) in [5.41, 5.74) is -1.03. The Morgan fingerprint density at radius 1 is 1.42 bits per heavy atom. The highest BCUT2D eigenvalue weighted by atomic mass is 35.5. The van der Waals surface area contributed by atoms with Crippen LogP contribution in [0.15, 0.2) is 18.2 Å². The molecule has 0 saturated carbocycles. The number of quaternary nitrogens is 1. The fourth-order valence-corrected chi connectivity index (χ4v) is 4.71. The number of carbonyl (C=O) groups excluding carboxylic acids is 1. The Hall–Kier alpha value is -1.32. The van der Waals surface area contributed by atoms with E-state index in [-0.39, 0.29) is 29.8 Å². The Bertz CT molecular complexity index is 737. The molecule has 1 unspecified atom stereocenters. The minimum atomic E-state index is -4.61. The predicted octanol–water partition coefficient (Wildman–Crippen LogP) is 0.999. The van der Waals surface area contributed by atoms with Gasteiger partial charge in [0.25, 0.3) is 5.91 Å². The SMILES string of the molecule is C[NH+](CC(=O)Nc1ccc(Cl)c(C(F)(F)F)c1)[C@@H]1CCS(=O)(=O)C1. The lowest BCUT2D eigenvalue weighted by Gasteiger charge is -2.19. The first-order chi connectivity index (χ1) is 11.0. The van der Waals surface area contributed by atoms with Crippen molar-refractivity contribution in [3.05, 3.63) is 28.8 Å². The van der Waals surface area contributed by atoms with Crippen molar-refractivity contribution in [1.29, 1.82) is 0 Å². The second-order valence-corrected chi connectivity index (χ2v) is 8.50. The lowest BCUT2D eigenvalue weighted by molar-refractivity contribution is -0.894. The van der Waals surface area contributed by atoms with Gasteiger partial charge in [0.1, 0.15) is 11.8 Å². The number of carbonyl (C=O) groups is 1. The van der Waals surface area contributed by atoms with E-state index in [1.54, 1.807) is 7.05 Å². The number of rotatable bonds is 4. The molecule has 0 radical (unpaired) electrons. The van der Waals surface area contributed by atoms with E-state index in [2.05, 4.69) is 5.32 Å². The average Bonchev–Trinajstić information content (AvgIpc) is 2.80. The number of alkyl halides is 3. The molecular weight excluding hydrogens is 369 g/mol. The summed E-state index contributed by atoms with van der Waals surface area (Å²) < 4.78 is 61.3. The number of halogens is 4. The van der Waals surface area contributed by atoms with E-state index in [1.807, 2.05) is 0 Å². The van der Waals surface area contributed by atoms with Gasteiger partial charge in [0.15, 0.2) is 16.4 Å². The van der Waals surface area contributed by atoms with Crippen molar-refractivity contribution in [2.24, 2.45) is 0 Å². The van der Waals surface area contributed by atoms with Gasteiger partial charge in [0.2, 0.25) is 0 Å². The van der Waals surface area contributed by atoms with Gasteiger partial charge >= 0.3 is 6.18 Å². The zero-order chi connectivity index (χ0) is 18.1. The van der Waals surface area contributed by atoms with Gasteiger partial charge in [-0.1, -0.05) is 11.6 Å². The first-order valence-corrected chi connectivity index (χ1v) is 9.37. The summed E-state index contributed by atoms with van der Waals surface area (Å²) in [5, 5.41) is 1.94. The van der Waals surface area contributed by atoms with Crippen molar-refractivity contribution in [3.8, 4) is 0 Å². The summed E-state index contributed by atoms with van der Waals surface area (Å²) in [7, 11) is -1.37. The van der Waals surface area contributed by atoms with E-state index in [0.717, 1.165) is 12.1 Å². The van der Waals surface area contributed by atoms with Crippen LogP contribution in [0.5, 0.6) is 0 Å². The first kappa shape index (κ1) is 19.0. The number of nitrogens with one attached hydrogen (secondary N) is 2. The van der Waals surface area contributed by atoms with Crippen molar-refractivity contribution in [2.75, 3.05) is 30.4 Å². The Morgan fingerprint density at radius 2 is 2.08 bits per heavy atom. The lowest BCUT2D eigenvalue weighted by Crippen LogP contribution is -3.14. The standard InChI is InChI=1S/C14H16ClF3N2O3S/c1-20(10-4-5-24(22,23)8-10)7-13(21)19-9-2-3-12(15)11(6-9)14(16,17)18/h2-3,6,10H,4-5,7-8H2,1H3,(H,19,21)/p+1/t10-/m1/s1.